The molecule has 146 valence electrons. The maximum absolute atomic E-state index is 12.7. The molecule has 0 aliphatic heterocycles. The Balaban J connectivity index is 1.73. The Morgan fingerprint density at radius 2 is 1.75 bits per heavy atom. The van der Waals surface area contributed by atoms with Gasteiger partial charge in [-0.3, -0.25) is 10.1 Å². The number of aromatic nitrogens is 2. The number of nitrogens with zero attached hydrogens (tertiary/aromatic N) is 2. The van der Waals surface area contributed by atoms with Crippen LogP contribution in [0, 0.1) is 6.92 Å². The highest BCUT2D eigenvalue weighted by Crippen LogP contribution is 2.24. The van der Waals surface area contributed by atoms with Gasteiger partial charge in [0.1, 0.15) is 0 Å². The van der Waals surface area contributed by atoms with Crippen molar-refractivity contribution in [3.8, 4) is 0 Å². The minimum absolute atomic E-state index is 0.124. The van der Waals surface area contributed by atoms with E-state index < -0.39 is 10.0 Å². The van der Waals surface area contributed by atoms with Crippen LogP contribution in [0.4, 0.5) is 5.13 Å². The zero-order valence-electron chi connectivity index (χ0n) is 15.4. The second-order valence-corrected chi connectivity index (χ2v) is 9.05. The molecule has 2 N–H and O–H groups in total. The topological polar surface area (TPSA) is 101 Å². The zero-order chi connectivity index (χ0) is 20.1. The molecule has 0 aliphatic carbocycles. The predicted molar refractivity (Wildman–Crippen MR) is 109 cm³/mol. The standard InChI is InChI=1S/C19H20N4O3S2/c1-3-16(14-7-5-4-6-8-14)23-28(25,26)19-22-21-18(27-19)20-17(24)15-11-9-13(2)10-12-15/h4-12,16,23H,3H2,1-2H3,(H,20,21,24)/t16-/m0/s1. The fraction of sp³-hybridized carbons (Fsp3) is 0.211. The second kappa shape index (κ2) is 8.59. The molecule has 3 rings (SSSR count). The van der Waals surface area contributed by atoms with Gasteiger partial charge in [-0.1, -0.05) is 66.3 Å². The van der Waals surface area contributed by atoms with E-state index in [1.807, 2.05) is 56.3 Å². The van der Waals surface area contributed by atoms with Crippen molar-refractivity contribution in [3.05, 3.63) is 71.3 Å². The van der Waals surface area contributed by atoms with E-state index in [0.29, 0.717) is 12.0 Å². The molecule has 2 aromatic carbocycles. The lowest BCUT2D eigenvalue weighted by Gasteiger charge is -2.16. The Bertz CT molecular complexity index is 1050. The molecular weight excluding hydrogens is 396 g/mol. The molecule has 0 unspecified atom stereocenters. The van der Waals surface area contributed by atoms with Crippen molar-refractivity contribution >= 4 is 32.4 Å². The Morgan fingerprint density at radius 1 is 1.07 bits per heavy atom. The molecular formula is C19H20N4O3S2. The quantitative estimate of drug-likeness (QED) is 0.574. The van der Waals surface area contributed by atoms with Crippen LogP contribution in [-0.4, -0.2) is 24.5 Å². The van der Waals surface area contributed by atoms with Crippen LogP contribution in [0.3, 0.4) is 0 Å². The van der Waals surface area contributed by atoms with Crippen LogP contribution < -0.4 is 10.0 Å². The van der Waals surface area contributed by atoms with Crippen molar-refractivity contribution < 1.29 is 13.2 Å². The van der Waals surface area contributed by atoms with Crippen LogP contribution in [0.5, 0.6) is 0 Å². The minimum Gasteiger partial charge on any atom is -0.296 e. The molecule has 7 nitrogen and oxygen atoms in total. The van der Waals surface area contributed by atoms with Gasteiger partial charge in [0.05, 0.1) is 0 Å². The average molecular weight is 417 g/mol. The molecule has 1 atom stereocenters. The summed E-state index contributed by atoms with van der Waals surface area (Å²) in [5.74, 6) is -0.372. The molecule has 0 spiro atoms. The number of rotatable bonds is 7. The molecule has 28 heavy (non-hydrogen) atoms. The van der Waals surface area contributed by atoms with Gasteiger partial charge in [0.15, 0.2) is 0 Å². The summed E-state index contributed by atoms with van der Waals surface area (Å²) in [6.07, 6.45) is 0.582. The van der Waals surface area contributed by atoms with E-state index in [4.69, 9.17) is 0 Å². The summed E-state index contributed by atoms with van der Waals surface area (Å²) >= 11 is 0.809. The lowest BCUT2D eigenvalue weighted by Crippen LogP contribution is -2.28. The van der Waals surface area contributed by atoms with Gasteiger partial charge in [0.25, 0.3) is 15.9 Å². The zero-order valence-corrected chi connectivity index (χ0v) is 17.0. The van der Waals surface area contributed by atoms with Gasteiger partial charge in [-0.2, -0.15) is 0 Å². The summed E-state index contributed by atoms with van der Waals surface area (Å²) in [4.78, 5) is 12.3. The highest BCUT2D eigenvalue weighted by atomic mass is 32.2. The summed E-state index contributed by atoms with van der Waals surface area (Å²) in [5.41, 5.74) is 2.36. The number of hydrogen-bond acceptors (Lipinski definition) is 6. The van der Waals surface area contributed by atoms with Crippen molar-refractivity contribution in [2.75, 3.05) is 5.32 Å². The number of amides is 1. The molecule has 1 heterocycles. The van der Waals surface area contributed by atoms with E-state index in [-0.39, 0.29) is 21.4 Å². The first-order chi connectivity index (χ1) is 13.4. The number of aryl methyl sites for hydroxylation is 1. The number of hydrogen-bond donors (Lipinski definition) is 2. The van der Waals surface area contributed by atoms with Gasteiger partial charge in [-0.15, -0.1) is 10.2 Å². The molecule has 0 radical (unpaired) electrons. The Morgan fingerprint density at radius 3 is 2.39 bits per heavy atom. The molecule has 0 saturated heterocycles. The van der Waals surface area contributed by atoms with Crippen molar-refractivity contribution in [1.29, 1.82) is 0 Å². The smallest absolute Gasteiger partial charge is 0.270 e. The van der Waals surface area contributed by atoms with Gasteiger partial charge in [-0.05, 0) is 31.0 Å². The fourth-order valence-corrected chi connectivity index (χ4v) is 4.77. The lowest BCUT2D eigenvalue weighted by molar-refractivity contribution is 0.102. The summed E-state index contributed by atoms with van der Waals surface area (Å²) in [6.45, 7) is 3.82. The van der Waals surface area contributed by atoms with E-state index in [2.05, 4.69) is 20.2 Å². The van der Waals surface area contributed by atoms with Crippen molar-refractivity contribution in [2.45, 2.75) is 30.6 Å². The summed E-state index contributed by atoms with van der Waals surface area (Å²) in [7, 11) is -3.86. The molecule has 0 bridgehead atoms. The maximum atomic E-state index is 12.7. The van der Waals surface area contributed by atoms with Gasteiger partial charge in [-0.25, -0.2) is 13.1 Å². The number of sulfonamides is 1. The van der Waals surface area contributed by atoms with Crippen LogP contribution in [0.15, 0.2) is 58.9 Å². The lowest BCUT2D eigenvalue weighted by atomic mass is 10.1. The van der Waals surface area contributed by atoms with E-state index in [9.17, 15) is 13.2 Å². The van der Waals surface area contributed by atoms with Crippen molar-refractivity contribution in [1.82, 2.24) is 14.9 Å². The number of carbonyl (C=O) groups excluding carboxylic acids is 1. The molecule has 0 saturated carbocycles. The summed E-state index contributed by atoms with van der Waals surface area (Å²) in [5, 5.41) is 10.2. The average Bonchev–Trinajstić information content (AvgIpc) is 3.17. The van der Waals surface area contributed by atoms with E-state index >= 15 is 0 Å². The third-order valence-corrected chi connectivity index (χ3v) is 6.76. The molecule has 0 fully saturated rings. The first-order valence-electron chi connectivity index (χ1n) is 8.68. The maximum Gasteiger partial charge on any atom is 0.270 e. The summed E-state index contributed by atoms with van der Waals surface area (Å²) in [6, 6.07) is 16.0. The van der Waals surface area contributed by atoms with E-state index in [1.54, 1.807) is 12.1 Å². The molecule has 0 aliphatic rings. The fourth-order valence-electron chi connectivity index (χ4n) is 2.55. The van der Waals surface area contributed by atoms with Crippen molar-refractivity contribution in [2.24, 2.45) is 0 Å². The molecule has 9 heteroatoms. The van der Waals surface area contributed by atoms with Crippen LogP contribution in [0.1, 0.15) is 40.9 Å². The van der Waals surface area contributed by atoms with Crippen LogP contribution in [0.25, 0.3) is 0 Å². The van der Waals surface area contributed by atoms with Gasteiger partial charge in [0, 0.05) is 11.6 Å². The van der Waals surface area contributed by atoms with Crippen LogP contribution in [-0.2, 0) is 10.0 Å². The van der Waals surface area contributed by atoms with Crippen molar-refractivity contribution in [3.63, 3.8) is 0 Å². The van der Waals surface area contributed by atoms with Gasteiger partial charge < -0.3 is 0 Å². The Labute approximate surface area is 167 Å². The number of anilines is 1. The number of carbonyl (C=O) groups is 1. The highest BCUT2D eigenvalue weighted by molar-refractivity contribution is 7.91. The normalized spacial score (nSPS) is 12.5. The number of nitrogens with one attached hydrogen (secondary N) is 2. The van der Waals surface area contributed by atoms with E-state index in [0.717, 1.165) is 22.5 Å². The van der Waals surface area contributed by atoms with Gasteiger partial charge in [0.2, 0.25) is 9.47 Å². The first-order valence-corrected chi connectivity index (χ1v) is 11.0. The van der Waals surface area contributed by atoms with Crippen LogP contribution in [0.2, 0.25) is 0 Å². The monoisotopic (exact) mass is 416 g/mol. The highest BCUT2D eigenvalue weighted by Gasteiger charge is 2.25. The predicted octanol–water partition coefficient (Wildman–Crippen LogP) is 3.53. The third kappa shape index (κ3) is 4.80. The SMILES string of the molecule is CC[C@H](NS(=O)(=O)c1nnc(NC(=O)c2ccc(C)cc2)s1)c1ccccc1. The van der Waals surface area contributed by atoms with Crippen LogP contribution >= 0.6 is 11.3 Å². The Hall–Kier alpha value is -2.62. The minimum atomic E-state index is -3.86. The number of benzene rings is 2. The Kier molecular flexibility index (Phi) is 6.18. The first kappa shape index (κ1) is 20.1. The second-order valence-electron chi connectivity index (χ2n) is 6.19. The molecule has 3 aromatic rings. The third-order valence-electron chi connectivity index (χ3n) is 4.08. The molecule has 1 amide bonds. The van der Waals surface area contributed by atoms with Gasteiger partial charge >= 0.3 is 0 Å². The summed E-state index contributed by atoms with van der Waals surface area (Å²) < 4.78 is 27.8. The largest absolute Gasteiger partial charge is 0.296 e. The van der Waals surface area contributed by atoms with E-state index in [1.165, 1.54) is 0 Å². The molecule has 1 aromatic heterocycles.